The van der Waals surface area contributed by atoms with Crippen molar-refractivity contribution in [2.45, 2.75) is 38.9 Å². The van der Waals surface area contributed by atoms with Crippen LogP contribution in [0.3, 0.4) is 0 Å². The molecular weight excluding hydrogens is 170 g/mol. The van der Waals surface area contributed by atoms with Crippen LogP contribution in [0.25, 0.3) is 0 Å². The van der Waals surface area contributed by atoms with Gasteiger partial charge in [0, 0.05) is 12.6 Å². The van der Waals surface area contributed by atoms with E-state index in [1.807, 2.05) is 0 Å². The van der Waals surface area contributed by atoms with Crippen molar-refractivity contribution >= 4 is 20.8 Å². The zero-order chi connectivity index (χ0) is 9.45. The van der Waals surface area contributed by atoms with Crippen molar-refractivity contribution in [1.82, 2.24) is 0 Å². The number of unbranched alkanes of at least 4 members (excludes halogenated alkanes) is 2. The van der Waals surface area contributed by atoms with Crippen LogP contribution in [-0.4, -0.2) is 20.8 Å². The Balaban J connectivity index is 3.31. The molecule has 70 valence electrons. The Labute approximate surface area is 74.9 Å². The molecule has 0 amide bonds. The Morgan fingerprint density at radius 2 is 2.00 bits per heavy atom. The molecule has 0 spiro atoms. The molecule has 4 heteroatoms. The summed E-state index contributed by atoms with van der Waals surface area (Å²) in [4.78, 5) is 9.93. The number of nitrogens with zero attached hydrogens (tertiary/aromatic N) is 1. The van der Waals surface area contributed by atoms with Gasteiger partial charge >= 0.3 is 0 Å². The topological polar surface area (TPSA) is 38.7 Å². The van der Waals surface area contributed by atoms with Gasteiger partial charge in [0.15, 0.2) is 0 Å². The van der Waals surface area contributed by atoms with Crippen LogP contribution >= 0.6 is 0 Å². The molecule has 0 rings (SSSR count). The zero-order valence-corrected chi connectivity index (χ0v) is 9.04. The first-order chi connectivity index (χ1) is 5.56. The molecule has 0 saturated heterocycles. The normalized spacial score (nSPS) is 11.9. The molecule has 0 saturated carbocycles. The maximum absolute atomic E-state index is 9.93. The Hall–Kier alpha value is -0.643. The van der Waals surface area contributed by atoms with Gasteiger partial charge in [0.2, 0.25) is 0 Å². The van der Waals surface area contributed by atoms with E-state index in [4.69, 9.17) is 4.53 Å². The van der Waals surface area contributed by atoms with E-state index in [0.29, 0.717) is 6.42 Å². The third-order valence-electron chi connectivity index (χ3n) is 1.06. The number of carbonyl (C=O) groups excluding carboxylic acids is 1. The van der Waals surface area contributed by atoms with Gasteiger partial charge in [0.25, 0.3) is 8.32 Å². The first kappa shape index (κ1) is 11.4. The molecule has 0 N–H and O–H groups in total. The third kappa shape index (κ3) is 9.36. The first-order valence-corrected chi connectivity index (χ1v) is 7.61. The van der Waals surface area contributed by atoms with Crippen LogP contribution in [-0.2, 0) is 9.32 Å². The van der Waals surface area contributed by atoms with E-state index in [-0.39, 0.29) is 0 Å². The Bertz CT molecular complexity index is 152. The lowest BCUT2D eigenvalue weighted by Crippen LogP contribution is -2.22. The number of aldehydes is 1. The molecule has 0 heterocycles. The predicted octanol–water partition coefficient (Wildman–Crippen LogP) is 2.19. The summed E-state index contributed by atoms with van der Waals surface area (Å²) in [7, 11) is -1.49. The monoisotopic (exact) mass is 187 g/mol. The molecule has 0 aromatic carbocycles. The van der Waals surface area contributed by atoms with Crippen molar-refractivity contribution < 1.29 is 9.32 Å². The molecule has 0 radical (unpaired) electrons. The molecule has 0 atom stereocenters. The summed E-state index contributed by atoms with van der Waals surface area (Å²) < 4.78 is 5.23. The summed E-state index contributed by atoms with van der Waals surface area (Å²) in [6, 6.07) is 0. The van der Waals surface area contributed by atoms with Crippen molar-refractivity contribution in [3.8, 4) is 0 Å². The van der Waals surface area contributed by atoms with Gasteiger partial charge in [0.05, 0.1) is 0 Å². The molecule has 0 aromatic heterocycles. The number of rotatable bonds is 6. The summed E-state index contributed by atoms with van der Waals surface area (Å²) >= 11 is 0. The van der Waals surface area contributed by atoms with Crippen molar-refractivity contribution in [2.24, 2.45) is 5.16 Å². The molecule has 0 unspecified atom stereocenters. The molecule has 0 aliphatic carbocycles. The fourth-order valence-corrected chi connectivity index (χ4v) is 0.931. The van der Waals surface area contributed by atoms with E-state index in [2.05, 4.69) is 24.8 Å². The number of carbonyl (C=O) groups is 1. The van der Waals surface area contributed by atoms with Crippen molar-refractivity contribution in [2.75, 3.05) is 0 Å². The molecule has 0 bridgehead atoms. The molecule has 0 aliphatic heterocycles. The highest BCUT2D eigenvalue weighted by Gasteiger charge is 2.14. The molecular formula is C8H17NO2Si. The highest BCUT2D eigenvalue weighted by atomic mass is 28.4. The molecule has 0 aliphatic rings. The Morgan fingerprint density at radius 1 is 1.33 bits per heavy atom. The van der Waals surface area contributed by atoms with Crippen molar-refractivity contribution in [3.05, 3.63) is 0 Å². The van der Waals surface area contributed by atoms with Crippen LogP contribution in [0.1, 0.15) is 19.3 Å². The molecule has 12 heavy (non-hydrogen) atoms. The fraction of sp³-hybridized carbons (Fsp3) is 0.750. The van der Waals surface area contributed by atoms with E-state index >= 15 is 0 Å². The van der Waals surface area contributed by atoms with Gasteiger partial charge in [-0.15, -0.1) is 5.16 Å². The van der Waals surface area contributed by atoms with Gasteiger partial charge < -0.3 is 9.32 Å². The maximum atomic E-state index is 9.93. The van der Waals surface area contributed by atoms with Gasteiger partial charge in [-0.05, 0) is 32.5 Å². The quantitative estimate of drug-likeness (QED) is 0.210. The zero-order valence-electron chi connectivity index (χ0n) is 8.04. The van der Waals surface area contributed by atoms with Crippen molar-refractivity contribution in [1.29, 1.82) is 0 Å². The van der Waals surface area contributed by atoms with E-state index in [1.54, 1.807) is 6.21 Å². The highest BCUT2D eigenvalue weighted by molar-refractivity contribution is 6.69. The lowest BCUT2D eigenvalue weighted by Gasteiger charge is -2.11. The number of hydrogen-bond donors (Lipinski definition) is 0. The van der Waals surface area contributed by atoms with Crippen LogP contribution in [0.2, 0.25) is 19.6 Å². The van der Waals surface area contributed by atoms with Crippen LogP contribution < -0.4 is 0 Å². The van der Waals surface area contributed by atoms with Crippen LogP contribution in [0.15, 0.2) is 5.16 Å². The molecule has 3 nitrogen and oxygen atoms in total. The largest absolute Gasteiger partial charge is 0.456 e. The third-order valence-corrected chi connectivity index (χ3v) is 1.71. The van der Waals surface area contributed by atoms with Crippen LogP contribution in [0.5, 0.6) is 0 Å². The van der Waals surface area contributed by atoms with E-state index in [9.17, 15) is 4.79 Å². The van der Waals surface area contributed by atoms with Gasteiger partial charge in [-0.2, -0.15) is 0 Å². The average Bonchev–Trinajstić information content (AvgIpc) is 1.94. The maximum Gasteiger partial charge on any atom is 0.278 e. The summed E-state index contributed by atoms with van der Waals surface area (Å²) in [6.45, 7) is 6.24. The van der Waals surface area contributed by atoms with Crippen LogP contribution in [0.4, 0.5) is 0 Å². The summed E-state index contributed by atoms with van der Waals surface area (Å²) in [5.41, 5.74) is 0. The second kappa shape index (κ2) is 5.94. The fourth-order valence-electron chi connectivity index (χ4n) is 0.541. The first-order valence-electron chi connectivity index (χ1n) is 4.20. The predicted molar refractivity (Wildman–Crippen MR) is 52.8 cm³/mol. The van der Waals surface area contributed by atoms with Crippen molar-refractivity contribution in [3.63, 3.8) is 0 Å². The smallest absolute Gasteiger partial charge is 0.278 e. The van der Waals surface area contributed by atoms with Gasteiger partial charge in [-0.3, -0.25) is 0 Å². The minimum Gasteiger partial charge on any atom is -0.456 e. The lowest BCUT2D eigenvalue weighted by atomic mass is 10.3. The lowest BCUT2D eigenvalue weighted by molar-refractivity contribution is -0.107. The Kier molecular flexibility index (Phi) is 5.62. The van der Waals surface area contributed by atoms with Crippen LogP contribution in [0, 0.1) is 0 Å². The SMILES string of the molecule is C[Si](C)(C)O/N=C/CCCC=O. The summed E-state index contributed by atoms with van der Waals surface area (Å²) in [5.74, 6) is 0. The van der Waals surface area contributed by atoms with Gasteiger partial charge in [-0.1, -0.05) is 0 Å². The van der Waals surface area contributed by atoms with E-state index < -0.39 is 8.32 Å². The highest BCUT2D eigenvalue weighted by Crippen LogP contribution is 2.02. The van der Waals surface area contributed by atoms with Gasteiger partial charge in [-0.25, -0.2) is 0 Å². The molecule has 0 aromatic rings. The minimum atomic E-state index is -1.49. The second-order valence-corrected chi connectivity index (χ2v) is 8.00. The second-order valence-electron chi connectivity index (χ2n) is 3.59. The standard InChI is InChI=1S/C8H17NO2Si/c1-12(2,3)11-9-7-5-4-6-8-10/h7-8H,4-6H2,1-3H3/b9-7+. The Morgan fingerprint density at radius 3 is 2.50 bits per heavy atom. The number of oxime groups is 1. The average molecular weight is 187 g/mol. The molecule has 0 fully saturated rings. The minimum absolute atomic E-state index is 0.610. The number of hydrogen-bond acceptors (Lipinski definition) is 3. The summed E-state index contributed by atoms with van der Waals surface area (Å²) in [5, 5.41) is 3.84. The van der Waals surface area contributed by atoms with Gasteiger partial charge in [0.1, 0.15) is 6.29 Å². The van der Waals surface area contributed by atoms with E-state index in [1.165, 1.54) is 0 Å². The van der Waals surface area contributed by atoms with E-state index in [0.717, 1.165) is 19.1 Å². The summed E-state index contributed by atoms with van der Waals surface area (Å²) in [6.07, 6.45) is 4.96.